The van der Waals surface area contributed by atoms with E-state index in [-0.39, 0.29) is 17.2 Å². The van der Waals surface area contributed by atoms with E-state index < -0.39 is 0 Å². The lowest BCUT2D eigenvalue weighted by Gasteiger charge is -2.16. The van der Waals surface area contributed by atoms with Crippen molar-refractivity contribution in [3.05, 3.63) is 42.0 Å². The van der Waals surface area contributed by atoms with Gasteiger partial charge in [-0.1, -0.05) is 30.7 Å². The van der Waals surface area contributed by atoms with Crippen LogP contribution in [0, 0.1) is 17.8 Å². The second-order valence-corrected chi connectivity index (χ2v) is 6.77. The maximum absolute atomic E-state index is 12.3. The Bertz CT molecular complexity index is 784. The second kappa shape index (κ2) is 5.69. The molecule has 0 spiro atoms. The molecule has 118 valence electrons. The Morgan fingerprint density at radius 1 is 1.17 bits per heavy atom. The molecule has 0 unspecified atom stereocenters. The van der Waals surface area contributed by atoms with Crippen LogP contribution in [-0.4, -0.2) is 17.2 Å². The minimum Gasteiger partial charge on any atom is -0.507 e. The number of nitrogens with one attached hydrogen (secondary N) is 1. The molecule has 4 nitrogen and oxygen atoms in total. The van der Waals surface area contributed by atoms with E-state index in [1.807, 2.05) is 30.5 Å². The summed E-state index contributed by atoms with van der Waals surface area (Å²) < 4.78 is 0. The van der Waals surface area contributed by atoms with E-state index in [0.717, 1.165) is 22.6 Å². The molecule has 2 saturated carbocycles. The van der Waals surface area contributed by atoms with Gasteiger partial charge in [-0.25, -0.2) is 5.43 Å². The Balaban J connectivity index is 1.47. The average molecular weight is 308 g/mol. The molecule has 1 amide bonds. The number of carbonyl (C=O) groups excluding carboxylic acids is 1. The van der Waals surface area contributed by atoms with Gasteiger partial charge in [-0.15, -0.1) is 0 Å². The van der Waals surface area contributed by atoms with Crippen molar-refractivity contribution in [2.24, 2.45) is 22.9 Å². The Hall–Kier alpha value is -2.36. The van der Waals surface area contributed by atoms with Gasteiger partial charge in [0, 0.05) is 6.21 Å². The van der Waals surface area contributed by atoms with Crippen molar-refractivity contribution >= 4 is 22.9 Å². The van der Waals surface area contributed by atoms with Gasteiger partial charge in [0.1, 0.15) is 5.75 Å². The number of nitrogens with zero attached hydrogens (tertiary/aromatic N) is 1. The molecule has 2 aliphatic carbocycles. The molecule has 2 bridgehead atoms. The summed E-state index contributed by atoms with van der Waals surface area (Å²) in [6.45, 7) is 0. The monoisotopic (exact) mass is 308 g/mol. The Kier molecular flexibility index (Phi) is 3.52. The zero-order chi connectivity index (χ0) is 15.8. The number of amides is 1. The number of phenolic OH excluding ortho intramolecular Hbond substituents is 1. The van der Waals surface area contributed by atoms with Gasteiger partial charge in [-0.2, -0.15) is 5.10 Å². The largest absolute Gasteiger partial charge is 0.507 e. The van der Waals surface area contributed by atoms with Crippen molar-refractivity contribution in [1.82, 2.24) is 5.43 Å². The van der Waals surface area contributed by atoms with E-state index in [9.17, 15) is 9.90 Å². The fourth-order valence-electron chi connectivity index (χ4n) is 4.14. The standard InChI is InChI=1S/C19H20N2O2/c22-18-10-14-4-2-1-3-13(14)9-17(18)19(23)21-20-11-16-8-12-5-6-15(16)7-12/h1-4,9-12,15-16,22H,5-8H2,(H,21,23)/b20-11-/t12-,15-,16+/m1/s1. The maximum Gasteiger partial charge on any atom is 0.275 e. The SMILES string of the molecule is O=C(N/N=C\[C@@H]1C[C@@H]2CC[C@@H]1C2)c1cc2ccccc2cc1O. The molecule has 0 aromatic heterocycles. The highest BCUT2D eigenvalue weighted by Gasteiger charge is 2.38. The highest BCUT2D eigenvalue weighted by molar-refractivity contribution is 6.01. The number of benzene rings is 2. The molecule has 3 atom stereocenters. The predicted molar refractivity (Wildman–Crippen MR) is 90.5 cm³/mol. The highest BCUT2D eigenvalue weighted by atomic mass is 16.3. The first-order valence-electron chi connectivity index (χ1n) is 8.26. The summed E-state index contributed by atoms with van der Waals surface area (Å²) in [7, 11) is 0. The number of aromatic hydroxyl groups is 1. The van der Waals surface area contributed by atoms with Crippen LogP contribution in [0.15, 0.2) is 41.5 Å². The third-order valence-corrected chi connectivity index (χ3v) is 5.33. The van der Waals surface area contributed by atoms with Gasteiger partial charge in [-0.3, -0.25) is 4.79 Å². The van der Waals surface area contributed by atoms with Crippen molar-refractivity contribution < 1.29 is 9.90 Å². The molecular formula is C19H20N2O2. The molecule has 2 N–H and O–H groups in total. The number of hydrazone groups is 1. The van der Waals surface area contributed by atoms with Crippen molar-refractivity contribution in [3.8, 4) is 5.75 Å². The van der Waals surface area contributed by atoms with Gasteiger partial charge in [0.15, 0.2) is 0 Å². The van der Waals surface area contributed by atoms with Gasteiger partial charge in [0.05, 0.1) is 5.56 Å². The van der Waals surface area contributed by atoms with Crippen LogP contribution < -0.4 is 5.43 Å². The molecule has 4 heteroatoms. The fourth-order valence-corrected chi connectivity index (χ4v) is 4.14. The van der Waals surface area contributed by atoms with Crippen LogP contribution in [0.25, 0.3) is 10.8 Å². The number of hydrogen-bond acceptors (Lipinski definition) is 3. The number of fused-ring (bicyclic) bond motifs is 3. The smallest absolute Gasteiger partial charge is 0.275 e. The van der Waals surface area contributed by atoms with E-state index in [1.165, 1.54) is 25.7 Å². The van der Waals surface area contributed by atoms with Crippen LogP contribution in [0.1, 0.15) is 36.0 Å². The first-order chi connectivity index (χ1) is 11.2. The summed E-state index contributed by atoms with van der Waals surface area (Å²) in [6, 6.07) is 11.0. The first-order valence-corrected chi connectivity index (χ1v) is 8.26. The van der Waals surface area contributed by atoms with Gasteiger partial charge >= 0.3 is 0 Å². The van der Waals surface area contributed by atoms with Gasteiger partial charge in [0.2, 0.25) is 0 Å². The van der Waals surface area contributed by atoms with E-state index >= 15 is 0 Å². The summed E-state index contributed by atoms with van der Waals surface area (Å²) in [5, 5.41) is 16.0. The van der Waals surface area contributed by atoms with Crippen molar-refractivity contribution in [2.45, 2.75) is 25.7 Å². The van der Waals surface area contributed by atoms with E-state index in [0.29, 0.717) is 5.92 Å². The molecule has 4 rings (SSSR count). The maximum atomic E-state index is 12.3. The van der Waals surface area contributed by atoms with Crippen molar-refractivity contribution in [2.75, 3.05) is 0 Å². The molecule has 23 heavy (non-hydrogen) atoms. The predicted octanol–water partition coefficient (Wildman–Crippen LogP) is 3.70. The van der Waals surface area contributed by atoms with Crippen LogP contribution in [0.2, 0.25) is 0 Å². The molecule has 0 radical (unpaired) electrons. The molecular weight excluding hydrogens is 288 g/mol. The summed E-state index contributed by atoms with van der Waals surface area (Å²) in [4.78, 5) is 12.3. The Morgan fingerprint density at radius 2 is 1.96 bits per heavy atom. The minimum atomic E-state index is -0.368. The number of hydrogen-bond donors (Lipinski definition) is 2. The third kappa shape index (κ3) is 2.69. The Labute approximate surface area is 135 Å². The van der Waals surface area contributed by atoms with Crippen LogP contribution in [-0.2, 0) is 0 Å². The zero-order valence-electron chi connectivity index (χ0n) is 12.9. The van der Waals surface area contributed by atoms with E-state index in [2.05, 4.69) is 10.5 Å². The zero-order valence-corrected chi connectivity index (χ0v) is 12.9. The number of rotatable bonds is 3. The summed E-state index contributed by atoms with van der Waals surface area (Å²) in [5.41, 5.74) is 2.82. The molecule has 2 fully saturated rings. The quantitative estimate of drug-likeness (QED) is 0.671. The summed E-state index contributed by atoms with van der Waals surface area (Å²) in [6.07, 6.45) is 7.05. The fraction of sp³-hybridized carbons (Fsp3) is 0.368. The summed E-state index contributed by atoms with van der Waals surface area (Å²) in [5.74, 6) is 1.72. The lowest BCUT2D eigenvalue weighted by Crippen LogP contribution is -2.20. The number of carbonyl (C=O) groups is 1. The average Bonchev–Trinajstić information content (AvgIpc) is 3.17. The Morgan fingerprint density at radius 3 is 2.65 bits per heavy atom. The number of phenols is 1. The second-order valence-electron chi connectivity index (χ2n) is 6.77. The van der Waals surface area contributed by atoms with Crippen molar-refractivity contribution in [3.63, 3.8) is 0 Å². The van der Waals surface area contributed by atoms with Crippen LogP contribution in [0.5, 0.6) is 5.75 Å². The lowest BCUT2D eigenvalue weighted by atomic mass is 9.90. The van der Waals surface area contributed by atoms with Crippen LogP contribution in [0.4, 0.5) is 0 Å². The molecule has 2 aromatic rings. The molecule has 0 saturated heterocycles. The molecule has 0 aliphatic heterocycles. The van der Waals surface area contributed by atoms with Gasteiger partial charge < -0.3 is 5.11 Å². The molecule has 2 aromatic carbocycles. The lowest BCUT2D eigenvalue weighted by molar-refractivity contribution is 0.0952. The first kappa shape index (κ1) is 14.2. The van der Waals surface area contributed by atoms with Gasteiger partial charge in [-0.05, 0) is 59.9 Å². The van der Waals surface area contributed by atoms with E-state index in [1.54, 1.807) is 12.1 Å². The molecule has 2 aliphatic rings. The van der Waals surface area contributed by atoms with Crippen LogP contribution in [0.3, 0.4) is 0 Å². The van der Waals surface area contributed by atoms with Gasteiger partial charge in [0.25, 0.3) is 5.91 Å². The van der Waals surface area contributed by atoms with E-state index in [4.69, 9.17) is 0 Å². The van der Waals surface area contributed by atoms with Crippen molar-refractivity contribution in [1.29, 1.82) is 0 Å². The normalized spacial score (nSPS) is 26.2. The molecule has 0 heterocycles. The topological polar surface area (TPSA) is 61.7 Å². The highest BCUT2D eigenvalue weighted by Crippen LogP contribution is 2.47. The third-order valence-electron chi connectivity index (χ3n) is 5.33. The van der Waals surface area contributed by atoms with Crippen LogP contribution >= 0.6 is 0 Å². The summed E-state index contributed by atoms with van der Waals surface area (Å²) >= 11 is 0. The minimum absolute atomic E-state index is 0.0173.